The van der Waals surface area contributed by atoms with Crippen LogP contribution in [0.4, 0.5) is 4.79 Å². The van der Waals surface area contributed by atoms with E-state index in [9.17, 15) is 14.3 Å². The van der Waals surface area contributed by atoms with E-state index >= 15 is 0 Å². The number of hydrogen-bond acceptors (Lipinski definition) is 5. The molecule has 0 saturated carbocycles. The van der Waals surface area contributed by atoms with Gasteiger partial charge in [-0.25, -0.2) is 10.2 Å². The van der Waals surface area contributed by atoms with E-state index in [1.807, 2.05) is 5.43 Å². The number of carbonyl (C=O) groups is 1. The maximum atomic E-state index is 10.5. The van der Waals surface area contributed by atoms with Gasteiger partial charge in [-0.15, -0.1) is 5.10 Å². The summed E-state index contributed by atoms with van der Waals surface area (Å²) in [5, 5.41) is 3.21. The van der Waals surface area contributed by atoms with E-state index in [0.29, 0.717) is 0 Å². The predicted molar refractivity (Wildman–Crippen MR) is 40.4 cm³/mol. The second kappa shape index (κ2) is 6.39. The van der Waals surface area contributed by atoms with E-state index in [0.717, 1.165) is 6.66 Å². The molecule has 0 aliphatic carbocycles. The summed E-state index contributed by atoms with van der Waals surface area (Å²) < 4.78 is 14.7. The van der Waals surface area contributed by atoms with Gasteiger partial charge in [0, 0.05) is 13.6 Å². The van der Waals surface area contributed by atoms with Crippen LogP contribution < -0.4 is 45.6 Å². The molecule has 0 saturated heterocycles. The van der Waals surface area contributed by atoms with Crippen molar-refractivity contribution < 1.29 is 48.3 Å². The number of rotatable bonds is 2. The van der Waals surface area contributed by atoms with Crippen molar-refractivity contribution >= 4 is 19.5 Å². The monoisotopic (exact) mass is 217 g/mol. The van der Waals surface area contributed by atoms with Crippen LogP contribution in [-0.2, 0) is 9.09 Å². The maximum absolute atomic E-state index is 10.5. The average molecular weight is 217 g/mol. The molecule has 3 N–H and O–H groups in total. The molecular formula is C4H9N3NaO4P. The Balaban J connectivity index is 0. The van der Waals surface area contributed by atoms with Gasteiger partial charge in [-0.2, -0.15) is 0 Å². The van der Waals surface area contributed by atoms with Crippen LogP contribution in [0.3, 0.4) is 0 Å². The molecule has 7 nitrogen and oxygen atoms in total. The third kappa shape index (κ3) is 11.9. The van der Waals surface area contributed by atoms with Crippen molar-refractivity contribution in [2.45, 2.75) is 6.92 Å². The number of hydrazone groups is 1. The molecule has 0 bridgehead atoms. The smallest absolute Gasteiger partial charge is 0.769 e. The molecule has 1 unspecified atom stereocenters. The van der Waals surface area contributed by atoms with Gasteiger partial charge in [0.1, 0.15) is 0 Å². The van der Waals surface area contributed by atoms with Gasteiger partial charge in [-0.1, -0.05) is 0 Å². The molecule has 13 heavy (non-hydrogen) atoms. The summed E-state index contributed by atoms with van der Waals surface area (Å²) in [6.45, 7) is 2.15. The number of carbonyl (C=O) groups excluding carboxylic acids is 1. The first-order valence-corrected chi connectivity index (χ1v) is 4.88. The van der Waals surface area contributed by atoms with Gasteiger partial charge >= 0.3 is 35.6 Å². The standard InChI is InChI=1S/C4H10N3O4P.Na/c1-3(6-7-4(5)8)11-12(2,9)10;/h1-2H3,(H,9,10)(H3,5,7,8);/q;+1/p-1. The Morgan fingerprint density at radius 3 is 2.46 bits per heavy atom. The van der Waals surface area contributed by atoms with Gasteiger partial charge in [-0.3, -0.25) is 4.57 Å². The molecule has 70 valence electrons. The molecule has 0 spiro atoms. The van der Waals surface area contributed by atoms with Crippen LogP contribution in [0.15, 0.2) is 5.10 Å². The van der Waals surface area contributed by atoms with Crippen LogP contribution >= 0.6 is 7.60 Å². The van der Waals surface area contributed by atoms with E-state index in [-0.39, 0.29) is 35.5 Å². The van der Waals surface area contributed by atoms with Crippen LogP contribution in [0.2, 0.25) is 0 Å². The van der Waals surface area contributed by atoms with E-state index in [2.05, 4.69) is 15.4 Å². The third-order valence-electron chi connectivity index (χ3n) is 0.621. The SMILES string of the molecule is CC(=NNC(N)=O)OP(C)(=O)[O-].[Na+]. The zero-order chi connectivity index (χ0) is 9.78. The summed E-state index contributed by atoms with van der Waals surface area (Å²) in [6, 6.07) is -0.894. The van der Waals surface area contributed by atoms with Crippen LogP contribution in [0, 0.1) is 0 Å². The minimum atomic E-state index is -3.85. The molecule has 0 rings (SSSR count). The summed E-state index contributed by atoms with van der Waals surface area (Å²) >= 11 is 0. The fourth-order valence-corrected chi connectivity index (χ4v) is 0.915. The summed E-state index contributed by atoms with van der Waals surface area (Å²) in [7, 11) is -3.85. The fourth-order valence-electron chi connectivity index (χ4n) is 0.394. The minimum absolute atomic E-state index is 0. The molecule has 0 aliphatic rings. The fraction of sp³-hybridized carbons (Fsp3) is 0.500. The second-order valence-corrected chi connectivity index (χ2v) is 3.69. The van der Waals surface area contributed by atoms with Crippen molar-refractivity contribution in [3.8, 4) is 0 Å². The van der Waals surface area contributed by atoms with Gasteiger partial charge in [0.25, 0.3) is 0 Å². The topological polar surface area (TPSA) is 117 Å². The number of nitrogens with one attached hydrogen (secondary N) is 1. The van der Waals surface area contributed by atoms with Crippen LogP contribution in [0.25, 0.3) is 0 Å². The molecule has 0 fully saturated rings. The molecule has 0 aromatic carbocycles. The quantitative estimate of drug-likeness (QED) is 0.162. The van der Waals surface area contributed by atoms with Gasteiger partial charge in [0.05, 0.1) is 0 Å². The minimum Gasteiger partial charge on any atom is -0.769 e. The van der Waals surface area contributed by atoms with E-state index in [1.54, 1.807) is 0 Å². The van der Waals surface area contributed by atoms with E-state index in [4.69, 9.17) is 0 Å². The summed E-state index contributed by atoms with van der Waals surface area (Å²) in [6.07, 6.45) is 0. The summed E-state index contributed by atoms with van der Waals surface area (Å²) in [4.78, 5) is 20.5. The Hall–Kier alpha value is -0.0700. The molecule has 0 aromatic rings. The van der Waals surface area contributed by atoms with Crippen molar-refractivity contribution in [3.05, 3.63) is 0 Å². The first-order chi connectivity index (χ1) is 5.31. The van der Waals surface area contributed by atoms with Gasteiger partial charge < -0.3 is 15.2 Å². The van der Waals surface area contributed by atoms with Crippen LogP contribution in [0.1, 0.15) is 6.92 Å². The molecule has 0 aliphatic heterocycles. The van der Waals surface area contributed by atoms with Gasteiger partial charge in [-0.05, 0) is 0 Å². The van der Waals surface area contributed by atoms with Crippen molar-refractivity contribution in [3.63, 3.8) is 0 Å². The zero-order valence-electron chi connectivity index (χ0n) is 7.60. The molecule has 0 radical (unpaired) electrons. The number of nitrogens with two attached hydrogens (primary N) is 1. The third-order valence-corrected chi connectivity index (χ3v) is 1.22. The van der Waals surface area contributed by atoms with E-state index < -0.39 is 13.6 Å². The number of amides is 2. The Bertz CT molecular complexity index is 250. The molecule has 1 atom stereocenters. The summed E-state index contributed by atoms with van der Waals surface area (Å²) in [5.74, 6) is -0.199. The Morgan fingerprint density at radius 2 is 2.15 bits per heavy atom. The van der Waals surface area contributed by atoms with E-state index in [1.165, 1.54) is 6.92 Å². The molecule has 2 amide bonds. The first kappa shape index (κ1) is 15.4. The second-order valence-electron chi connectivity index (χ2n) is 1.97. The number of nitrogens with zero attached hydrogens (tertiary/aromatic N) is 1. The van der Waals surface area contributed by atoms with Crippen LogP contribution in [-0.4, -0.2) is 18.6 Å². The van der Waals surface area contributed by atoms with Crippen molar-refractivity contribution in [2.75, 3.05) is 6.66 Å². The Labute approximate surface area is 97.5 Å². The molecular weight excluding hydrogens is 208 g/mol. The predicted octanol–water partition coefficient (Wildman–Crippen LogP) is -3.81. The van der Waals surface area contributed by atoms with Crippen molar-refractivity contribution in [1.29, 1.82) is 0 Å². The van der Waals surface area contributed by atoms with Gasteiger partial charge in [0.2, 0.25) is 5.90 Å². The molecule has 9 heteroatoms. The number of hydrogen-bond donors (Lipinski definition) is 2. The van der Waals surface area contributed by atoms with Gasteiger partial charge in [0.15, 0.2) is 7.60 Å². The zero-order valence-corrected chi connectivity index (χ0v) is 10.5. The molecule has 0 aromatic heterocycles. The summed E-state index contributed by atoms with van der Waals surface area (Å²) in [5.41, 5.74) is 6.45. The largest absolute Gasteiger partial charge is 1.00 e. The number of urea groups is 1. The van der Waals surface area contributed by atoms with Crippen molar-refractivity contribution in [2.24, 2.45) is 10.8 Å². The Kier molecular flexibility index (Phi) is 7.58. The average Bonchev–Trinajstić information content (AvgIpc) is 1.79. The molecule has 0 heterocycles. The Morgan fingerprint density at radius 1 is 1.69 bits per heavy atom. The van der Waals surface area contributed by atoms with Crippen LogP contribution in [0.5, 0.6) is 0 Å². The first-order valence-electron chi connectivity index (χ1n) is 2.89. The maximum Gasteiger partial charge on any atom is 1.00 e. The number of primary amides is 1. The normalized spacial score (nSPS) is 15.2. The van der Waals surface area contributed by atoms with Crippen molar-refractivity contribution in [1.82, 2.24) is 5.43 Å².